The molecule has 2 atom stereocenters. The van der Waals surface area contributed by atoms with Gasteiger partial charge in [0.15, 0.2) is 0 Å². The number of hydrogen-bond donors (Lipinski definition) is 4. The monoisotopic (exact) mass is 301 g/mol. The number of rotatable bonds is 6. The number of nitrogens with one attached hydrogen (secondary N) is 1. The second-order valence-corrected chi connectivity index (χ2v) is 4.97. The summed E-state index contributed by atoms with van der Waals surface area (Å²) in [6.45, 7) is 1.38. The fraction of sp³-hybridized carbons (Fsp3) is 0.800. The topological polar surface area (TPSA) is 142 Å². The van der Waals surface area contributed by atoms with Crippen LogP contribution in [-0.2, 0) is 9.59 Å². The number of carboxylic acid groups (broad SMARTS) is 2. The van der Waals surface area contributed by atoms with Gasteiger partial charge in [0.2, 0.25) is 0 Å². The normalized spacial score (nSPS) is 18.7. The average molecular weight is 301 g/mol. The molecule has 0 saturated carbocycles. The van der Waals surface area contributed by atoms with Crippen molar-refractivity contribution in [3.8, 4) is 0 Å². The van der Waals surface area contributed by atoms with Gasteiger partial charge in [-0.05, 0) is 19.4 Å². The Morgan fingerprint density at radius 3 is 2.42 bits per heavy atom. The van der Waals surface area contributed by atoms with Crippen LogP contribution in [0.2, 0.25) is 0 Å². The number of nitrogens with two attached hydrogens (primary N) is 2. The van der Waals surface area contributed by atoms with E-state index in [1.54, 1.807) is 0 Å². The van der Waals surface area contributed by atoms with Gasteiger partial charge in [-0.2, -0.15) is 0 Å². The Bertz CT molecular complexity index is 265. The molecule has 1 aliphatic rings. The predicted octanol–water partition coefficient (Wildman–Crippen LogP) is -5.07. The summed E-state index contributed by atoms with van der Waals surface area (Å²) in [7, 11) is 0. The van der Waals surface area contributed by atoms with Crippen LogP contribution in [-0.4, -0.2) is 47.3 Å². The van der Waals surface area contributed by atoms with E-state index >= 15 is 0 Å². The summed E-state index contributed by atoms with van der Waals surface area (Å²) >= 11 is 1.38. The van der Waals surface area contributed by atoms with Crippen LogP contribution in [0.1, 0.15) is 19.3 Å². The number of carbonyl (C=O) groups excluding carboxylic acids is 1. The maximum absolute atomic E-state index is 10.1. The largest absolute Gasteiger partial charge is 1.00 e. The standard InChI is InChI=1S/C6H14N2O2.C4H7NO2S.Na/c7-4-2-1-3-5(8)6(9)10;6-4(7)3-5-1-2-8-3;/h5H,1-4,7-8H2,(H,9,10);3,5H,1-2H2,(H,6,7);/q;;+1/p-1. The molecule has 0 radical (unpaired) electrons. The number of carbonyl (C=O) groups is 2. The van der Waals surface area contributed by atoms with Crippen molar-refractivity contribution in [1.29, 1.82) is 0 Å². The van der Waals surface area contributed by atoms with Crippen molar-refractivity contribution in [1.82, 2.24) is 5.32 Å². The molecular weight excluding hydrogens is 281 g/mol. The third-order valence-electron chi connectivity index (χ3n) is 2.22. The van der Waals surface area contributed by atoms with Crippen molar-refractivity contribution in [3.05, 3.63) is 0 Å². The summed E-state index contributed by atoms with van der Waals surface area (Å²) in [5.41, 5.74) is 10.4. The maximum atomic E-state index is 10.1. The summed E-state index contributed by atoms with van der Waals surface area (Å²) in [5.74, 6) is -1.07. The van der Waals surface area contributed by atoms with Gasteiger partial charge in [-0.1, -0.05) is 6.42 Å². The van der Waals surface area contributed by atoms with Gasteiger partial charge in [-0.25, -0.2) is 0 Å². The molecule has 0 aromatic heterocycles. The summed E-state index contributed by atoms with van der Waals surface area (Å²) in [6.07, 6.45) is 2.16. The zero-order valence-corrected chi connectivity index (χ0v) is 13.9. The Kier molecular flexibility index (Phi) is 14.9. The molecule has 6 N–H and O–H groups in total. The van der Waals surface area contributed by atoms with E-state index in [4.69, 9.17) is 16.6 Å². The summed E-state index contributed by atoms with van der Waals surface area (Å²) in [4.78, 5) is 20.1. The van der Waals surface area contributed by atoms with Gasteiger partial charge in [0.05, 0.1) is 11.3 Å². The molecule has 0 aliphatic carbocycles. The first-order valence-electron chi connectivity index (χ1n) is 5.73. The van der Waals surface area contributed by atoms with E-state index in [-0.39, 0.29) is 29.6 Å². The predicted molar refractivity (Wildman–Crippen MR) is 67.8 cm³/mol. The van der Waals surface area contributed by atoms with Crippen LogP contribution in [0.5, 0.6) is 0 Å². The van der Waals surface area contributed by atoms with Crippen molar-refractivity contribution < 1.29 is 49.4 Å². The van der Waals surface area contributed by atoms with Crippen LogP contribution < -0.4 is 51.4 Å². The van der Waals surface area contributed by atoms with Crippen molar-refractivity contribution in [2.45, 2.75) is 30.7 Å². The smallest absolute Gasteiger partial charge is 0.547 e. The number of carboxylic acids is 2. The molecule has 0 aromatic carbocycles. The maximum Gasteiger partial charge on any atom is 1.00 e. The fourth-order valence-electron chi connectivity index (χ4n) is 1.21. The minimum Gasteiger partial charge on any atom is -0.547 e. The van der Waals surface area contributed by atoms with Crippen molar-refractivity contribution >= 4 is 23.7 Å². The Hall–Kier alpha value is 0.170. The van der Waals surface area contributed by atoms with Gasteiger partial charge in [0.25, 0.3) is 0 Å². The first-order valence-corrected chi connectivity index (χ1v) is 6.78. The zero-order valence-electron chi connectivity index (χ0n) is 11.1. The third kappa shape index (κ3) is 11.7. The number of aliphatic carboxylic acids is 2. The minimum absolute atomic E-state index is 0. The second kappa shape index (κ2) is 13.2. The molecule has 0 amide bonds. The van der Waals surface area contributed by atoms with Crippen molar-refractivity contribution in [2.75, 3.05) is 18.8 Å². The molecule has 0 bridgehead atoms. The van der Waals surface area contributed by atoms with Crippen molar-refractivity contribution in [3.63, 3.8) is 0 Å². The minimum atomic E-state index is -1.01. The number of unbranched alkanes of at least 4 members (excludes halogenated alkanes) is 1. The quantitative estimate of drug-likeness (QED) is 0.282. The van der Waals surface area contributed by atoms with Gasteiger partial charge >= 0.3 is 35.5 Å². The zero-order chi connectivity index (χ0) is 14.0. The van der Waals surface area contributed by atoms with Crippen LogP contribution in [0.4, 0.5) is 0 Å². The molecule has 7 nitrogen and oxygen atoms in total. The molecule has 1 saturated heterocycles. The van der Waals surface area contributed by atoms with Crippen LogP contribution in [0.25, 0.3) is 0 Å². The Balaban J connectivity index is 0. The van der Waals surface area contributed by atoms with Crippen LogP contribution in [0.15, 0.2) is 0 Å². The van der Waals surface area contributed by atoms with Crippen LogP contribution >= 0.6 is 11.8 Å². The molecule has 19 heavy (non-hydrogen) atoms. The van der Waals surface area contributed by atoms with Gasteiger partial charge in [-0.3, -0.25) is 10.1 Å². The SMILES string of the molecule is NCCCCC(N)C(=O)O.O=C([O-])C1NCCS1.[Na+]. The van der Waals surface area contributed by atoms with E-state index in [0.29, 0.717) is 13.0 Å². The van der Waals surface area contributed by atoms with Gasteiger partial charge < -0.3 is 26.5 Å². The van der Waals surface area contributed by atoms with Crippen molar-refractivity contribution in [2.24, 2.45) is 11.5 Å². The second-order valence-electron chi connectivity index (χ2n) is 3.75. The van der Waals surface area contributed by atoms with E-state index in [2.05, 4.69) is 5.32 Å². The van der Waals surface area contributed by atoms with E-state index in [1.165, 1.54) is 11.8 Å². The Morgan fingerprint density at radius 2 is 2.11 bits per heavy atom. The van der Waals surface area contributed by atoms with Gasteiger partial charge in [-0.15, -0.1) is 11.8 Å². The van der Waals surface area contributed by atoms with Crippen LogP contribution in [0, 0.1) is 0 Å². The first kappa shape index (κ1) is 21.5. The molecule has 0 aromatic rings. The molecule has 1 aliphatic heterocycles. The summed E-state index contributed by atoms with van der Waals surface area (Å²) in [5, 5.41) is 20.6. The average Bonchev–Trinajstić information content (AvgIpc) is 2.83. The first-order chi connectivity index (χ1) is 8.49. The van der Waals surface area contributed by atoms with E-state index < -0.39 is 23.4 Å². The molecular formula is C10H20N3NaO4S. The molecule has 9 heteroatoms. The number of hydrogen-bond acceptors (Lipinski definition) is 7. The van der Waals surface area contributed by atoms with Gasteiger partial charge in [0.1, 0.15) is 6.04 Å². The molecule has 106 valence electrons. The third-order valence-corrected chi connectivity index (χ3v) is 3.35. The molecule has 1 fully saturated rings. The molecule has 2 unspecified atom stereocenters. The van der Waals surface area contributed by atoms with Gasteiger partial charge in [0, 0.05) is 12.3 Å². The molecule has 1 heterocycles. The summed E-state index contributed by atoms with van der Waals surface area (Å²) in [6, 6.07) is -0.716. The van der Waals surface area contributed by atoms with E-state index in [9.17, 15) is 14.7 Å². The van der Waals surface area contributed by atoms with E-state index in [0.717, 1.165) is 25.1 Å². The molecule has 0 spiro atoms. The number of thioether (sulfide) groups is 1. The molecule has 1 rings (SSSR count). The Morgan fingerprint density at radius 1 is 1.47 bits per heavy atom. The fourth-order valence-corrected chi connectivity index (χ4v) is 2.05. The van der Waals surface area contributed by atoms with Crippen LogP contribution in [0.3, 0.4) is 0 Å². The van der Waals surface area contributed by atoms with E-state index in [1.807, 2.05) is 0 Å². The Labute approximate surface area is 139 Å². The summed E-state index contributed by atoms with van der Waals surface area (Å²) < 4.78 is 0.